The van der Waals surface area contributed by atoms with E-state index in [4.69, 9.17) is 0 Å². The summed E-state index contributed by atoms with van der Waals surface area (Å²) in [6.07, 6.45) is 4.92. The molecule has 0 aliphatic rings. The largest absolute Gasteiger partial charge is 0.326 e. The van der Waals surface area contributed by atoms with Crippen molar-refractivity contribution in [1.29, 1.82) is 0 Å². The third-order valence-corrected chi connectivity index (χ3v) is 3.13. The first-order valence-corrected chi connectivity index (χ1v) is 6.57. The van der Waals surface area contributed by atoms with Crippen molar-refractivity contribution in [3.8, 4) is 0 Å². The first-order chi connectivity index (χ1) is 9.20. The maximum atomic E-state index is 12.0. The first-order valence-electron chi connectivity index (χ1n) is 6.57. The number of aromatic nitrogens is 2. The van der Waals surface area contributed by atoms with Crippen molar-refractivity contribution in [2.45, 2.75) is 32.7 Å². The van der Waals surface area contributed by atoms with Crippen LogP contribution in [0.15, 0.2) is 42.7 Å². The summed E-state index contributed by atoms with van der Waals surface area (Å²) in [4.78, 5) is 12.0. The Labute approximate surface area is 113 Å². The molecule has 0 saturated carbocycles. The molecule has 0 unspecified atom stereocenters. The molecule has 0 aliphatic heterocycles. The molecular weight excluding hydrogens is 238 g/mol. The van der Waals surface area contributed by atoms with Crippen molar-refractivity contribution in [2.24, 2.45) is 0 Å². The van der Waals surface area contributed by atoms with Crippen LogP contribution in [0.2, 0.25) is 0 Å². The van der Waals surface area contributed by atoms with Gasteiger partial charge in [-0.2, -0.15) is 5.10 Å². The monoisotopic (exact) mass is 257 g/mol. The molecule has 100 valence electrons. The van der Waals surface area contributed by atoms with Gasteiger partial charge in [0.2, 0.25) is 5.91 Å². The van der Waals surface area contributed by atoms with Gasteiger partial charge < -0.3 is 5.32 Å². The van der Waals surface area contributed by atoms with Gasteiger partial charge in [0, 0.05) is 24.5 Å². The molecule has 0 fully saturated rings. The highest BCUT2D eigenvalue weighted by Crippen LogP contribution is 2.17. The fourth-order valence-corrected chi connectivity index (χ4v) is 2.05. The number of nitrogens with one attached hydrogen (secondary N) is 1. The van der Waals surface area contributed by atoms with Crippen molar-refractivity contribution in [3.05, 3.63) is 48.3 Å². The number of amides is 1. The second kappa shape index (κ2) is 6.18. The average molecular weight is 257 g/mol. The fourth-order valence-electron chi connectivity index (χ4n) is 2.05. The number of nitrogens with zero attached hydrogens (tertiary/aromatic N) is 2. The van der Waals surface area contributed by atoms with Gasteiger partial charge in [0.15, 0.2) is 0 Å². The number of carbonyl (C=O) groups excluding carboxylic acids is 1. The minimum Gasteiger partial charge on any atom is -0.326 e. The zero-order chi connectivity index (χ0) is 13.7. The highest BCUT2D eigenvalue weighted by Gasteiger charge is 2.12. The van der Waals surface area contributed by atoms with E-state index >= 15 is 0 Å². The number of aryl methyl sites for hydroxylation is 1. The lowest BCUT2D eigenvalue weighted by Crippen LogP contribution is -2.18. The molecule has 4 heteroatoms. The summed E-state index contributed by atoms with van der Waals surface area (Å²) in [7, 11) is 0. The van der Waals surface area contributed by atoms with E-state index in [1.54, 1.807) is 10.9 Å². The minimum absolute atomic E-state index is 0.0175. The Morgan fingerprint density at radius 2 is 2.16 bits per heavy atom. The Bertz CT molecular complexity index is 534. The molecule has 1 amide bonds. The van der Waals surface area contributed by atoms with Crippen LogP contribution < -0.4 is 5.32 Å². The van der Waals surface area contributed by atoms with Gasteiger partial charge in [0.1, 0.15) is 0 Å². The molecule has 1 atom stereocenters. The molecule has 0 spiro atoms. The first kappa shape index (κ1) is 13.3. The normalized spacial score (nSPS) is 12.1. The van der Waals surface area contributed by atoms with Crippen LogP contribution in [0, 0.1) is 0 Å². The third-order valence-electron chi connectivity index (χ3n) is 3.13. The van der Waals surface area contributed by atoms with E-state index in [1.165, 1.54) is 0 Å². The average Bonchev–Trinajstić information content (AvgIpc) is 2.93. The molecule has 1 aromatic carbocycles. The van der Waals surface area contributed by atoms with Crippen LogP contribution in [0.3, 0.4) is 0 Å². The topological polar surface area (TPSA) is 46.9 Å². The molecule has 0 bridgehead atoms. The zero-order valence-electron chi connectivity index (χ0n) is 11.3. The minimum atomic E-state index is 0.0175. The Balaban J connectivity index is 1.98. The molecular formula is C15H19N3O. The number of carbonyl (C=O) groups is 1. The van der Waals surface area contributed by atoms with Gasteiger partial charge in [-0.05, 0) is 31.0 Å². The summed E-state index contributed by atoms with van der Waals surface area (Å²) in [6.45, 7) is 4.07. The number of para-hydroxylation sites is 1. The number of hydrogen-bond donors (Lipinski definition) is 1. The van der Waals surface area contributed by atoms with Crippen LogP contribution in [0.25, 0.3) is 0 Å². The van der Waals surface area contributed by atoms with Gasteiger partial charge in [-0.25, -0.2) is 0 Å². The summed E-state index contributed by atoms with van der Waals surface area (Å²) in [5.74, 6) is 0.0175. The van der Waals surface area contributed by atoms with E-state index in [2.05, 4.69) is 17.3 Å². The van der Waals surface area contributed by atoms with Crippen molar-refractivity contribution < 1.29 is 4.79 Å². The summed E-state index contributed by atoms with van der Waals surface area (Å²) < 4.78 is 1.80. The molecule has 4 nitrogen and oxygen atoms in total. The zero-order valence-corrected chi connectivity index (χ0v) is 11.3. The van der Waals surface area contributed by atoms with E-state index in [9.17, 15) is 4.79 Å². The number of hydrogen-bond acceptors (Lipinski definition) is 2. The SMILES string of the molecule is CCc1ccccc1NC(=O)C[C@H](C)n1cccn1. The van der Waals surface area contributed by atoms with Crippen LogP contribution in [0.4, 0.5) is 5.69 Å². The lowest BCUT2D eigenvalue weighted by Gasteiger charge is -2.13. The van der Waals surface area contributed by atoms with E-state index in [0.29, 0.717) is 6.42 Å². The van der Waals surface area contributed by atoms with Crippen LogP contribution in [0.5, 0.6) is 0 Å². The maximum Gasteiger partial charge on any atom is 0.226 e. The predicted molar refractivity (Wildman–Crippen MR) is 76.0 cm³/mol. The standard InChI is InChI=1S/C15H19N3O/c1-3-13-7-4-5-8-14(13)17-15(19)11-12(2)18-10-6-9-16-18/h4-10,12H,3,11H2,1-2H3,(H,17,19)/t12-/m0/s1. The van der Waals surface area contributed by atoms with Gasteiger partial charge >= 0.3 is 0 Å². The fraction of sp³-hybridized carbons (Fsp3) is 0.333. The summed E-state index contributed by atoms with van der Waals surface area (Å²) in [6, 6.07) is 9.82. The Hall–Kier alpha value is -2.10. The van der Waals surface area contributed by atoms with Gasteiger partial charge in [-0.3, -0.25) is 9.48 Å². The molecule has 0 radical (unpaired) electrons. The maximum absolute atomic E-state index is 12.0. The number of anilines is 1. The second-order valence-electron chi connectivity index (χ2n) is 4.60. The molecule has 1 aromatic heterocycles. The highest BCUT2D eigenvalue weighted by atomic mass is 16.1. The summed E-state index contributed by atoms with van der Waals surface area (Å²) in [5.41, 5.74) is 2.06. The quantitative estimate of drug-likeness (QED) is 0.895. The summed E-state index contributed by atoms with van der Waals surface area (Å²) >= 11 is 0. The Morgan fingerprint density at radius 3 is 2.84 bits per heavy atom. The van der Waals surface area contributed by atoms with Crippen molar-refractivity contribution in [2.75, 3.05) is 5.32 Å². The van der Waals surface area contributed by atoms with Crippen molar-refractivity contribution >= 4 is 11.6 Å². The molecule has 1 heterocycles. The molecule has 19 heavy (non-hydrogen) atoms. The second-order valence-corrected chi connectivity index (χ2v) is 4.60. The lowest BCUT2D eigenvalue weighted by atomic mass is 10.1. The van der Waals surface area contributed by atoms with Crippen LogP contribution in [-0.4, -0.2) is 15.7 Å². The molecule has 2 rings (SSSR count). The smallest absolute Gasteiger partial charge is 0.226 e. The van der Waals surface area contributed by atoms with Crippen LogP contribution in [0.1, 0.15) is 31.9 Å². The Kier molecular flexibility index (Phi) is 4.34. The molecule has 0 saturated heterocycles. The molecule has 1 N–H and O–H groups in total. The number of rotatable bonds is 5. The van der Waals surface area contributed by atoms with E-state index in [1.807, 2.05) is 43.5 Å². The van der Waals surface area contributed by atoms with Gasteiger partial charge in [-0.15, -0.1) is 0 Å². The highest BCUT2D eigenvalue weighted by molar-refractivity contribution is 5.91. The lowest BCUT2D eigenvalue weighted by molar-refractivity contribution is -0.116. The van der Waals surface area contributed by atoms with E-state index in [-0.39, 0.29) is 11.9 Å². The number of benzene rings is 1. The molecule has 2 aromatic rings. The van der Waals surface area contributed by atoms with Gasteiger partial charge in [-0.1, -0.05) is 25.1 Å². The van der Waals surface area contributed by atoms with Gasteiger partial charge in [0.05, 0.1) is 6.04 Å². The van der Waals surface area contributed by atoms with Crippen LogP contribution in [-0.2, 0) is 11.2 Å². The van der Waals surface area contributed by atoms with E-state index < -0.39 is 0 Å². The Morgan fingerprint density at radius 1 is 1.37 bits per heavy atom. The molecule has 0 aliphatic carbocycles. The summed E-state index contributed by atoms with van der Waals surface area (Å²) in [5, 5.41) is 7.12. The van der Waals surface area contributed by atoms with Crippen molar-refractivity contribution in [3.63, 3.8) is 0 Å². The third kappa shape index (κ3) is 3.44. The van der Waals surface area contributed by atoms with Crippen LogP contribution >= 0.6 is 0 Å². The van der Waals surface area contributed by atoms with Gasteiger partial charge in [0.25, 0.3) is 0 Å². The van der Waals surface area contributed by atoms with Crippen molar-refractivity contribution in [1.82, 2.24) is 9.78 Å². The predicted octanol–water partition coefficient (Wildman–Crippen LogP) is 3.04. The van der Waals surface area contributed by atoms with E-state index in [0.717, 1.165) is 17.7 Å².